The summed E-state index contributed by atoms with van der Waals surface area (Å²) in [5.74, 6) is -0.215. The predicted octanol–water partition coefficient (Wildman–Crippen LogP) is 4.08. The van der Waals surface area contributed by atoms with Gasteiger partial charge in [0.1, 0.15) is 4.88 Å². The van der Waals surface area contributed by atoms with Crippen molar-refractivity contribution < 1.29 is 4.79 Å². The van der Waals surface area contributed by atoms with Crippen LogP contribution < -0.4 is 5.32 Å². The summed E-state index contributed by atoms with van der Waals surface area (Å²) in [7, 11) is 0. The zero-order valence-electron chi connectivity index (χ0n) is 10.3. The minimum absolute atomic E-state index is 0.215. The van der Waals surface area contributed by atoms with E-state index in [4.69, 9.17) is 11.6 Å². The van der Waals surface area contributed by atoms with Gasteiger partial charge in [0.05, 0.1) is 11.4 Å². The van der Waals surface area contributed by atoms with Crippen molar-refractivity contribution in [3.63, 3.8) is 0 Å². The van der Waals surface area contributed by atoms with Gasteiger partial charge in [0.15, 0.2) is 0 Å². The van der Waals surface area contributed by atoms with E-state index in [1.165, 1.54) is 0 Å². The number of nitrogens with one attached hydrogen (secondary N) is 1. The molecule has 0 unspecified atom stereocenters. The highest BCUT2D eigenvalue weighted by molar-refractivity contribution is 9.10. The lowest BCUT2D eigenvalue weighted by Gasteiger charge is -2.09. The van der Waals surface area contributed by atoms with Gasteiger partial charge in [-0.25, -0.2) is 0 Å². The number of benzene rings is 1. The van der Waals surface area contributed by atoms with Crippen molar-refractivity contribution in [3.05, 3.63) is 37.8 Å². The Balaban J connectivity index is 2.27. The van der Waals surface area contributed by atoms with Gasteiger partial charge in [-0.3, -0.25) is 4.79 Å². The van der Waals surface area contributed by atoms with Gasteiger partial charge >= 0.3 is 0 Å². The Morgan fingerprint density at radius 3 is 2.95 bits per heavy atom. The van der Waals surface area contributed by atoms with E-state index in [1.807, 2.05) is 19.9 Å². The van der Waals surface area contributed by atoms with Crippen molar-refractivity contribution in [3.8, 4) is 0 Å². The molecule has 1 N–H and O–H groups in total. The average Bonchev–Trinajstić information content (AvgIpc) is 2.84. The first-order chi connectivity index (χ1) is 9.02. The molecule has 0 saturated carbocycles. The molecule has 7 heteroatoms. The number of aromatic nitrogens is 2. The molecule has 0 spiro atoms. The number of aryl methyl sites for hydroxylation is 2. The highest BCUT2D eigenvalue weighted by atomic mass is 79.9. The first-order valence-corrected chi connectivity index (χ1v) is 7.55. The molecule has 1 amide bonds. The second-order valence-electron chi connectivity index (χ2n) is 3.94. The van der Waals surface area contributed by atoms with Gasteiger partial charge in [0, 0.05) is 9.50 Å². The van der Waals surface area contributed by atoms with E-state index in [-0.39, 0.29) is 5.91 Å². The van der Waals surface area contributed by atoms with Crippen LogP contribution in [0.25, 0.3) is 0 Å². The van der Waals surface area contributed by atoms with Crippen molar-refractivity contribution in [1.29, 1.82) is 0 Å². The third-order valence-corrected chi connectivity index (χ3v) is 4.42. The quantitative estimate of drug-likeness (QED) is 0.897. The van der Waals surface area contributed by atoms with Crippen LogP contribution in [-0.4, -0.2) is 15.5 Å². The van der Waals surface area contributed by atoms with E-state index in [0.29, 0.717) is 27.7 Å². The molecular formula is C12H11BrClN3OS. The van der Waals surface area contributed by atoms with Gasteiger partial charge in [-0.2, -0.15) is 0 Å². The Labute approximate surface area is 128 Å². The summed E-state index contributed by atoms with van der Waals surface area (Å²) in [5.41, 5.74) is 2.29. The Bertz CT molecular complexity index is 629. The maximum atomic E-state index is 12.2. The fourth-order valence-corrected chi connectivity index (χ4v) is 2.90. The van der Waals surface area contributed by atoms with E-state index in [2.05, 4.69) is 30.8 Å². The number of amides is 1. The number of rotatable bonds is 3. The smallest absolute Gasteiger partial charge is 0.269 e. The van der Waals surface area contributed by atoms with Crippen molar-refractivity contribution in [2.24, 2.45) is 0 Å². The molecule has 0 saturated heterocycles. The molecule has 0 aliphatic heterocycles. The lowest BCUT2D eigenvalue weighted by atomic mass is 10.2. The minimum Gasteiger partial charge on any atom is -0.320 e. The van der Waals surface area contributed by atoms with Gasteiger partial charge in [0.25, 0.3) is 5.91 Å². The summed E-state index contributed by atoms with van der Waals surface area (Å²) >= 11 is 10.6. The Morgan fingerprint density at radius 1 is 1.53 bits per heavy atom. The van der Waals surface area contributed by atoms with Crippen LogP contribution >= 0.6 is 39.1 Å². The zero-order valence-corrected chi connectivity index (χ0v) is 13.5. The summed E-state index contributed by atoms with van der Waals surface area (Å²) in [5, 5.41) is 7.34. The van der Waals surface area contributed by atoms with Crippen LogP contribution in [0.15, 0.2) is 16.6 Å². The second-order valence-corrected chi connectivity index (χ2v) is 5.95. The summed E-state index contributed by atoms with van der Waals surface area (Å²) in [4.78, 5) is 12.7. The van der Waals surface area contributed by atoms with Crippen LogP contribution in [0.1, 0.15) is 27.9 Å². The number of halogens is 2. The normalized spacial score (nSPS) is 10.5. The number of anilines is 1. The van der Waals surface area contributed by atoms with E-state index < -0.39 is 0 Å². The predicted molar refractivity (Wildman–Crippen MR) is 81.1 cm³/mol. The maximum absolute atomic E-state index is 12.2. The molecule has 1 heterocycles. The third kappa shape index (κ3) is 3.13. The maximum Gasteiger partial charge on any atom is 0.269 e. The van der Waals surface area contributed by atoms with E-state index in [1.54, 1.807) is 6.07 Å². The molecule has 4 nitrogen and oxygen atoms in total. The lowest BCUT2D eigenvalue weighted by Crippen LogP contribution is -2.12. The molecule has 2 rings (SSSR count). The summed E-state index contributed by atoms with van der Waals surface area (Å²) in [6, 6.07) is 3.59. The largest absolute Gasteiger partial charge is 0.320 e. The van der Waals surface area contributed by atoms with Crippen LogP contribution in [0.2, 0.25) is 5.02 Å². The molecule has 0 aliphatic rings. The molecular weight excluding hydrogens is 350 g/mol. The molecule has 1 aromatic heterocycles. The molecule has 0 fully saturated rings. The van der Waals surface area contributed by atoms with Crippen molar-refractivity contribution >= 4 is 50.7 Å². The van der Waals surface area contributed by atoms with Gasteiger partial charge in [-0.15, -0.1) is 5.10 Å². The topological polar surface area (TPSA) is 54.9 Å². The monoisotopic (exact) mass is 359 g/mol. The van der Waals surface area contributed by atoms with Gasteiger partial charge < -0.3 is 5.32 Å². The standard InChI is InChI=1S/C12H11BrClN3OS/c1-3-9-11(19-17-16-9)12(18)15-10-5-8(14)6(2)4-7(10)13/h4-5H,3H2,1-2H3,(H,15,18). The van der Waals surface area contributed by atoms with E-state index >= 15 is 0 Å². The molecule has 0 bridgehead atoms. The summed E-state index contributed by atoms with van der Waals surface area (Å²) in [6.07, 6.45) is 0.676. The summed E-state index contributed by atoms with van der Waals surface area (Å²) in [6.45, 7) is 3.84. The van der Waals surface area contributed by atoms with Gasteiger partial charge in [0.2, 0.25) is 0 Å². The first-order valence-electron chi connectivity index (χ1n) is 5.61. The molecule has 19 heavy (non-hydrogen) atoms. The Morgan fingerprint density at radius 2 is 2.26 bits per heavy atom. The van der Waals surface area contributed by atoms with Crippen LogP contribution in [0.5, 0.6) is 0 Å². The third-order valence-electron chi connectivity index (χ3n) is 2.59. The molecule has 1 aromatic carbocycles. The SMILES string of the molecule is CCc1nnsc1C(=O)Nc1cc(Cl)c(C)cc1Br. The second kappa shape index (κ2) is 5.98. The minimum atomic E-state index is -0.215. The number of nitrogens with zero attached hydrogens (tertiary/aromatic N) is 2. The number of hydrogen-bond donors (Lipinski definition) is 1. The van der Waals surface area contributed by atoms with Crippen LogP contribution in [-0.2, 0) is 6.42 Å². The molecule has 100 valence electrons. The van der Waals surface area contributed by atoms with Crippen molar-refractivity contribution in [1.82, 2.24) is 9.59 Å². The molecule has 0 atom stereocenters. The average molecular weight is 361 g/mol. The van der Waals surface area contributed by atoms with Gasteiger partial charge in [-0.1, -0.05) is 23.0 Å². The lowest BCUT2D eigenvalue weighted by molar-refractivity contribution is 0.102. The molecule has 2 aromatic rings. The number of carbonyl (C=O) groups is 1. The fraction of sp³-hybridized carbons (Fsp3) is 0.250. The van der Waals surface area contributed by atoms with Crippen molar-refractivity contribution in [2.75, 3.05) is 5.32 Å². The van der Waals surface area contributed by atoms with Crippen LogP contribution in [0, 0.1) is 6.92 Å². The van der Waals surface area contributed by atoms with Gasteiger partial charge in [-0.05, 0) is 58.5 Å². The summed E-state index contributed by atoms with van der Waals surface area (Å²) < 4.78 is 4.59. The van der Waals surface area contributed by atoms with Crippen LogP contribution in [0.3, 0.4) is 0 Å². The Hall–Kier alpha value is -0.980. The highest BCUT2D eigenvalue weighted by Gasteiger charge is 2.16. The van der Waals surface area contributed by atoms with E-state index in [0.717, 1.165) is 21.6 Å². The van der Waals surface area contributed by atoms with Crippen LogP contribution in [0.4, 0.5) is 5.69 Å². The highest BCUT2D eigenvalue weighted by Crippen LogP contribution is 2.29. The number of carbonyl (C=O) groups excluding carboxylic acids is 1. The number of hydrogen-bond acceptors (Lipinski definition) is 4. The van der Waals surface area contributed by atoms with Crippen molar-refractivity contribution in [2.45, 2.75) is 20.3 Å². The molecule has 0 aliphatic carbocycles. The fourth-order valence-electron chi connectivity index (χ4n) is 1.53. The molecule has 0 radical (unpaired) electrons. The first kappa shape index (κ1) is 14.4. The van der Waals surface area contributed by atoms with E-state index in [9.17, 15) is 4.79 Å². The zero-order chi connectivity index (χ0) is 14.0. The Kier molecular flexibility index (Phi) is 4.54.